The molecule has 3 N–H and O–H groups in total. The van der Waals surface area contributed by atoms with E-state index in [0.29, 0.717) is 0 Å². The molecule has 0 unspecified atom stereocenters. The zero-order valence-electron chi connectivity index (χ0n) is 9.50. The molecule has 0 radical (unpaired) electrons. The lowest BCUT2D eigenvalue weighted by Gasteiger charge is -2.14. The molecule has 0 aromatic heterocycles. The fourth-order valence-electron chi connectivity index (χ4n) is 2.03. The van der Waals surface area contributed by atoms with Gasteiger partial charge in [0.25, 0.3) is 0 Å². The normalized spacial score (nSPS) is 25.5. The van der Waals surface area contributed by atoms with Crippen molar-refractivity contribution in [3.05, 3.63) is 0 Å². The third kappa shape index (κ3) is 4.43. The monoisotopic (exact) mass is 230 g/mol. The van der Waals surface area contributed by atoms with E-state index in [4.69, 9.17) is 5.73 Å². The molecule has 15 heavy (non-hydrogen) atoms. The first-order valence-electron chi connectivity index (χ1n) is 5.78. The van der Waals surface area contributed by atoms with Crippen molar-refractivity contribution in [3.8, 4) is 0 Å². The smallest absolute Gasteiger partial charge is 0.224 e. The summed E-state index contributed by atoms with van der Waals surface area (Å²) >= 11 is 1.85. The largest absolute Gasteiger partial charge is 0.356 e. The number of amides is 1. The first kappa shape index (κ1) is 12.8. The highest BCUT2D eigenvalue weighted by molar-refractivity contribution is 7.98. The lowest BCUT2D eigenvalue weighted by molar-refractivity contribution is -0.125. The number of unbranched alkanes of at least 4 members (excludes halogenated alkanes) is 1. The highest BCUT2D eigenvalue weighted by Gasteiger charge is 2.29. The molecule has 0 bridgehead atoms. The van der Waals surface area contributed by atoms with Crippen molar-refractivity contribution in [3.63, 3.8) is 0 Å². The molecule has 4 heteroatoms. The maximum Gasteiger partial charge on any atom is 0.224 e. The van der Waals surface area contributed by atoms with Gasteiger partial charge in [0, 0.05) is 12.6 Å². The number of carbonyl (C=O) groups is 1. The van der Waals surface area contributed by atoms with Crippen LogP contribution in [-0.4, -0.2) is 30.5 Å². The fourth-order valence-corrected chi connectivity index (χ4v) is 2.52. The quantitative estimate of drug-likeness (QED) is 0.678. The number of nitrogens with two attached hydrogens (primary N) is 1. The number of rotatable bonds is 6. The Balaban J connectivity index is 2.08. The molecule has 88 valence electrons. The second-order valence-electron chi connectivity index (χ2n) is 4.19. The minimum Gasteiger partial charge on any atom is -0.356 e. The van der Waals surface area contributed by atoms with Gasteiger partial charge in [0.2, 0.25) is 5.91 Å². The van der Waals surface area contributed by atoms with Gasteiger partial charge in [0.1, 0.15) is 0 Å². The number of hydrogen-bond acceptors (Lipinski definition) is 3. The van der Waals surface area contributed by atoms with Crippen LogP contribution in [0.15, 0.2) is 0 Å². The molecule has 0 saturated heterocycles. The number of nitrogens with one attached hydrogen (secondary N) is 1. The van der Waals surface area contributed by atoms with Crippen LogP contribution in [0.4, 0.5) is 0 Å². The van der Waals surface area contributed by atoms with Crippen molar-refractivity contribution >= 4 is 17.7 Å². The van der Waals surface area contributed by atoms with Crippen LogP contribution in [0.3, 0.4) is 0 Å². The second-order valence-corrected chi connectivity index (χ2v) is 5.18. The van der Waals surface area contributed by atoms with Gasteiger partial charge < -0.3 is 11.1 Å². The first-order chi connectivity index (χ1) is 7.25. The molecular formula is C11H22N2OS. The van der Waals surface area contributed by atoms with Crippen LogP contribution in [-0.2, 0) is 4.79 Å². The summed E-state index contributed by atoms with van der Waals surface area (Å²) in [4.78, 5) is 11.7. The zero-order valence-corrected chi connectivity index (χ0v) is 10.3. The Morgan fingerprint density at radius 1 is 1.47 bits per heavy atom. The lowest BCUT2D eigenvalue weighted by Crippen LogP contribution is -2.38. The minimum atomic E-state index is 0.0746. The minimum absolute atomic E-state index is 0.0746. The van der Waals surface area contributed by atoms with Gasteiger partial charge in [-0.1, -0.05) is 6.42 Å². The van der Waals surface area contributed by atoms with Gasteiger partial charge in [-0.05, 0) is 37.7 Å². The van der Waals surface area contributed by atoms with E-state index in [-0.39, 0.29) is 17.9 Å². The van der Waals surface area contributed by atoms with E-state index in [0.717, 1.165) is 32.2 Å². The molecule has 1 saturated carbocycles. The summed E-state index contributed by atoms with van der Waals surface area (Å²) in [6.07, 6.45) is 7.44. The van der Waals surface area contributed by atoms with E-state index in [1.807, 2.05) is 11.8 Å². The van der Waals surface area contributed by atoms with Gasteiger partial charge in [0.05, 0.1) is 5.92 Å². The summed E-state index contributed by atoms with van der Waals surface area (Å²) in [6.45, 7) is 0.808. The Bertz CT molecular complexity index is 199. The van der Waals surface area contributed by atoms with E-state index in [1.54, 1.807) is 0 Å². The highest BCUT2D eigenvalue weighted by Crippen LogP contribution is 2.23. The summed E-state index contributed by atoms with van der Waals surface area (Å²) in [5, 5.41) is 2.99. The van der Waals surface area contributed by atoms with Gasteiger partial charge in [-0.15, -0.1) is 0 Å². The maximum absolute atomic E-state index is 11.7. The molecule has 0 spiro atoms. The maximum atomic E-state index is 11.7. The van der Waals surface area contributed by atoms with Crippen LogP contribution in [0.1, 0.15) is 32.1 Å². The Labute approximate surface area is 96.6 Å². The van der Waals surface area contributed by atoms with Crippen LogP contribution < -0.4 is 11.1 Å². The molecule has 0 aromatic rings. The number of thioether (sulfide) groups is 1. The molecule has 1 fully saturated rings. The highest BCUT2D eigenvalue weighted by atomic mass is 32.2. The van der Waals surface area contributed by atoms with Gasteiger partial charge in [-0.3, -0.25) is 4.79 Å². The fraction of sp³-hybridized carbons (Fsp3) is 0.909. The van der Waals surface area contributed by atoms with E-state index in [1.165, 1.54) is 12.2 Å². The molecule has 1 amide bonds. The third-order valence-electron chi connectivity index (χ3n) is 2.98. The molecule has 1 aliphatic carbocycles. The van der Waals surface area contributed by atoms with Crippen molar-refractivity contribution in [1.29, 1.82) is 0 Å². The van der Waals surface area contributed by atoms with Crippen LogP contribution in [0.2, 0.25) is 0 Å². The van der Waals surface area contributed by atoms with E-state index in [2.05, 4.69) is 11.6 Å². The summed E-state index contributed by atoms with van der Waals surface area (Å²) < 4.78 is 0. The zero-order chi connectivity index (χ0) is 11.1. The third-order valence-corrected chi connectivity index (χ3v) is 3.68. The Morgan fingerprint density at radius 3 is 2.87 bits per heavy atom. The average Bonchev–Trinajstić information content (AvgIpc) is 2.64. The Hall–Kier alpha value is -0.220. The Morgan fingerprint density at radius 2 is 2.27 bits per heavy atom. The molecular weight excluding hydrogens is 208 g/mol. The van der Waals surface area contributed by atoms with Crippen molar-refractivity contribution in [2.24, 2.45) is 11.7 Å². The van der Waals surface area contributed by atoms with Crippen molar-refractivity contribution in [2.75, 3.05) is 18.6 Å². The van der Waals surface area contributed by atoms with E-state index >= 15 is 0 Å². The Kier molecular flexibility index (Phi) is 6.10. The summed E-state index contributed by atoms with van der Waals surface area (Å²) in [5.74, 6) is 1.42. The van der Waals surface area contributed by atoms with Crippen LogP contribution in [0, 0.1) is 5.92 Å². The van der Waals surface area contributed by atoms with Crippen molar-refractivity contribution in [1.82, 2.24) is 5.32 Å². The molecule has 3 nitrogen and oxygen atoms in total. The van der Waals surface area contributed by atoms with Gasteiger partial charge in [0.15, 0.2) is 0 Å². The summed E-state index contributed by atoms with van der Waals surface area (Å²) in [5.41, 5.74) is 5.87. The standard InChI is InChI=1S/C11H22N2OS/c1-15-8-3-2-7-13-11(14)9-5-4-6-10(9)12/h9-10H,2-8,12H2,1H3,(H,13,14)/t9-,10+/m1/s1. The van der Waals surface area contributed by atoms with E-state index in [9.17, 15) is 4.79 Å². The van der Waals surface area contributed by atoms with Crippen molar-refractivity contribution in [2.45, 2.75) is 38.1 Å². The number of hydrogen-bond donors (Lipinski definition) is 2. The predicted octanol–water partition coefficient (Wildman–Crippen LogP) is 1.37. The molecule has 2 atom stereocenters. The predicted molar refractivity (Wildman–Crippen MR) is 65.9 cm³/mol. The topological polar surface area (TPSA) is 55.1 Å². The SMILES string of the molecule is CSCCCCNC(=O)[C@@H]1CCC[C@@H]1N. The molecule has 0 heterocycles. The molecule has 1 aliphatic rings. The van der Waals surface area contributed by atoms with Crippen LogP contribution >= 0.6 is 11.8 Å². The van der Waals surface area contributed by atoms with Crippen molar-refractivity contribution < 1.29 is 4.79 Å². The molecule has 0 aliphatic heterocycles. The molecule has 1 rings (SSSR count). The molecule has 0 aromatic carbocycles. The van der Waals surface area contributed by atoms with E-state index < -0.39 is 0 Å². The van der Waals surface area contributed by atoms with Crippen LogP contribution in [0.25, 0.3) is 0 Å². The van der Waals surface area contributed by atoms with Gasteiger partial charge in [-0.25, -0.2) is 0 Å². The average molecular weight is 230 g/mol. The summed E-state index contributed by atoms with van der Waals surface area (Å²) in [7, 11) is 0. The first-order valence-corrected chi connectivity index (χ1v) is 7.17. The second kappa shape index (κ2) is 7.12. The summed E-state index contributed by atoms with van der Waals surface area (Å²) in [6, 6.07) is 0.0937. The van der Waals surface area contributed by atoms with Gasteiger partial charge >= 0.3 is 0 Å². The lowest BCUT2D eigenvalue weighted by atomic mass is 10.0. The number of carbonyl (C=O) groups excluding carboxylic acids is 1. The van der Waals surface area contributed by atoms with Gasteiger partial charge in [-0.2, -0.15) is 11.8 Å². The van der Waals surface area contributed by atoms with Crippen LogP contribution in [0.5, 0.6) is 0 Å².